The van der Waals surface area contributed by atoms with Gasteiger partial charge in [0.1, 0.15) is 0 Å². The lowest BCUT2D eigenvalue weighted by Crippen LogP contribution is -2.50. The fraction of sp³-hybridized carbons (Fsp3) is 1.00. The zero-order valence-corrected chi connectivity index (χ0v) is 9.14. The fourth-order valence-corrected chi connectivity index (χ4v) is 2.39. The molecular formula is C11H23NO. The Morgan fingerprint density at radius 1 is 1.54 bits per heavy atom. The zero-order valence-electron chi connectivity index (χ0n) is 9.14. The third kappa shape index (κ3) is 2.68. The predicted molar refractivity (Wildman–Crippen MR) is 55.4 cm³/mol. The smallest absolute Gasteiger partial charge is 0.0611 e. The van der Waals surface area contributed by atoms with Crippen molar-refractivity contribution in [3.05, 3.63) is 0 Å². The molecule has 0 radical (unpaired) electrons. The summed E-state index contributed by atoms with van der Waals surface area (Å²) < 4.78 is 0. The van der Waals surface area contributed by atoms with Crippen molar-refractivity contribution in [2.24, 2.45) is 17.1 Å². The molecule has 3 N–H and O–H groups in total. The van der Waals surface area contributed by atoms with Crippen molar-refractivity contribution in [2.75, 3.05) is 6.61 Å². The van der Waals surface area contributed by atoms with E-state index in [0.29, 0.717) is 11.3 Å². The van der Waals surface area contributed by atoms with Gasteiger partial charge in [-0.1, -0.05) is 20.3 Å². The third-order valence-corrected chi connectivity index (χ3v) is 3.48. The van der Waals surface area contributed by atoms with Crippen LogP contribution in [0.25, 0.3) is 0 Å². The van der Waals surface area contributed by atoms with Gasteiger partial charge in [0.05, 0.1) is 6.61 Å². The van der Waals surface area contributed by atoms with E-state index in [1.54, 1.807) is 0 Å². The van der Waals surface area contributed by atoms with Crippen LogP contribution in [-0.2, 0) is 0 Å². The van der Waals surface area contributed by atoms with Crippen LogP contribution in [0.15, 0.2) is 0 Å². The molecule has 78 valence electrons. The van der Waals surface area contributed by atoms with Gasteiger partial charge in [0.25, 0.3) is 0 Å². The number of aliphatic hydroxyl groups is 1. The normalized spacial score (nSPS) is 32.5. The highest BCUT2D eigenvalue weighted by atomic mass is 16.3. The Labute approximate surface area is 81.5 Å². The summed E-state index contributed by atoms with van der Waals surface area (Å²) in [6.45, 7) is 6.67. The van der Waals surface area contributed by atoms with Gasteiger partial charge in [-0.15, -0.1) is 0 Å². The van der Waals surface area contributed by atoms with Gasteiger partial charge in [0.2, 0.25) is 0 Å². The standard InChI is InChI=1S/C11H23NO/c1-10(2)6-4-5-9(7-10)11(3,12)8-13/h9,13H,4-8,12H2,1-3H3. The minimum Gasteiger partial charge on any atom is -0.394 e. The molecule has 1 rings (SSSR count). The molecule has 0 heterocycles. The molecule has 0 bridgehead atoms. The molecule has 1 fully saturated rings. The van der Waals surface area contributed by atoms with Crippen LogP contribution >= 0.6 is 0 Å². The Bertz CT molecular complexity index is 175. The molecule has 1 saturated carbocycles. The molecule has 2 unspecified atom stereocenters. The molecule has 1 aliphatic carbocycles. The Kier molecular flexibility index (Phi) is 3.03. The van der Waals surface area contributed by atoms with Gasteiger partial charge in [-0.2, -0.15) is 0 Å². The lowest BCUT2D eigenvalue weighted by atomic mass is 9.66. The molecule has 0 aromatic rings. The first kappa shape index (κ1) is 11.0. The van der Waals surface area contributed by atoms with Crippen LogP contribution in [0.5, 0.6) is 0 Å². The molecular weight excluding hydrogens is 162 g/mol. The first-order valence-electron chi connectivity index (χ1n) is 5.27. The number of hydrogen-bond acceptors (Lipinski definition) is 2. The van der Waals surface area contributed by atoms with Gasteiger partial charge in [0.15, 0.2) is 0 Å². The summed E-state index contributed by atoms with van der Waals surface area (Å²) in [7, 11) is 0. The first-order valence-corrected chi connectivity index (χ1v) is 5.27. The lowest BCUT2D eigenvalue weighted by molar-refractivity contribution is 0.0804. The van der Waals surface area contributed by atoms with Crippen LogP contribution in [0, 0.1) is 11.3 Å². The predicted octanol–water partition coefficient (Wildman–Crippen LogP) is 1.91. The van der Waals surface area contributed by atoms with E-state index in [0.717, 1.165) is 6.42 Å². The topological polar surface area (TPSA) is 46.2 Å². The van der Waals surface area contributed by atoms with Crippen LogP contribution in [0.3, 0.4) is 0 Å². The maximum atomic E-state index is 9.19. The largest absolute Gasteiger partial charge is 0.394 e. The highest BCUT2D eigenvalue weighted by Crippen LogP contribution is 2.41. The van der Waals surface area contributed by atoms with Crippen molar-refractivity contribution < 1.29 is 5.11 Å². The molecule has 2 atom stereocenters. The van der Waals surface area contributed by atoms with Gasteiger partial charge in [-0.3, -0.25) is 0 Å². The number of rotatable bonds is 2. The van der Waals surface area contributed by atoms with Crippen LogP contribution in [0.4, 0.5) is 0 Å². The van der Waals surface area contributed by atoms with E-state index in [2.05, 4.69) is 13.8 Å². The van der Waals surface area contributed by atoms with Gasteiger partial charge < -0.3 is 10.8 Å². The number of aliphatic hydroxyl groups excluding tert-OH is 1. The Balaban J connectivity index is 2.61. The summed E-state index contributed by atoms with van der Waals surface area (Å²) in [5, 5.41) is 9.19. The summed E-state index contributed by atoms with van der Waals surface area (Å²) in [6, 6.07) is 0. The maximum absolute atomic E-state index is 9.19. The summed E-state index contributed by atoms with van der Waals surface area (Å²) in [5.74, 6) is 0.487. The van der Waals surface area contributed by atoms with E-state index >= 15 is 0 Å². The Morgan fingerprint density at radius 2 is 2.15 bits per heavy atom. The third-order valence-electron chi connectivity index (χ3n) is 3.48. The molecule has 0 aromatic heterocycles. The van der Waals surface area contributed by atoms with Crippen molar-refractivity contribution in [3.63, 3.8) is 0 Å². The van der Waals surface area contributed by atoms with Crippen LogP contribution in [0.1, 0.15) is 46.5 Å². The second-order valence-electron chi connectivity index (χ2n) is 5.62. The lowest BCUT2D eigenvalue weighted by Gasteiger charge is -2.42. The molecule has 2 nitrogen and oxygen atoms in total. The van der Waals surface area contributed by atoms with E-state index in [9.17, 15) is 5.11 Å². The molecule has 0 saturated heterocycles. The van der Waals surface area contributed by atoms with Crippen LogP contribution in [-0.4, -0.2) is 17.3 Å². The second kappa shape index (κ2) is 3.58. The monoisotopic (exact) mass is 185 g/mol. The molecule has 0 aliphatic heterocycles. The van der Waals surface area contributed by atoms with Gasteiger partial charge >= 0.3 is 0 Å². The van der Waals surface area contributed by atoms with Crippen molar-refractivity contribution in [2.45, 2.75) is 52.0 Å². The summed E-state index contributed by atoms with van der Waals surface area (Å²) in [5.41, 5.74) is 6.10. The summed E-state index contributed by atoms with van der Waals surface area (Å²) >= 11 is 0. The molecule has 13 heavy (non-hydrogen) atoms. The van der Waals surface area contributed by atoms with E-state index in [1.165, 1.54) is 19.3 Å². The highest BCUT2D eigenvalue weighted by molar-refractivity contribution is 4.92. The zero-order chi connectivity index (χ0) is 10.1. The molecule has 0 spiro atoms. The quantitative estimate of drug-likeness (QED) is 0.690. The number of hydrogen-bond donors (Lipinski definition) is 2. The highest BCUT2D eigenvalue weighted by Gasteiger charge is 2.36. The average Bonchev–Trinajstić information content (AvgIpc) is 2.03. The number of nitrogens with two attached hydrogens (primary N) is 1. The maximum Gasteiger partial charge on any atom is 0.0611 e. The Morgan fingerprint density at radius 3 is 2.62 bits per heavy atom. The first-order chi connectivity index (χ1) is 5.87. The van der Waals surface area contributed by atoms with Crippen molar-refractivity contribution in [3.8, 4) is 0 Å². The minimum atomic E-state index is -0.377. The van der Waals surface area contributed by atoms with E-state index in [4.69, 9.17) is 5.73 Å². The van der Waals surface area contributed by atoms with Crippen LogP contribution < -0.4 is 5.73 Å². The van der Waals surface area contributed by atoms with E-state index in [-0.39, 0.29) is 12.1 Å². The Hall–Kier alpha value is -0.0800. The van der Waals surface area contributed by atoms with Gasteiger partial charge in [-0.25, -0.2) is 0 Å². The van der Waals surface area contributed by atoms with Crippen LogP contribution in [0.2, 0.25) is 0 Å². The SMILES string of the molecule is CC1(C)CCCC(C(C)(N)CO)C1. The van der Waals surface area contributed by atoms with Gasteiger partial charge in [-0.05, 0) is 37.5 Å². The van der Waals surface area contributed by atoms with Crippen molar-refractivity contribution in [1.29, 1.82) is 0 Å². The molecule has 2 heteroatoms. The molecule has 0 aromatic carbocycles. The average molecular weight is 185 g/mol. The molecule has 0 amide bonds. The summed E-state index contributed by atoms with van der Waals surface area (Å²) in [4.78, 5) is 0. The van der Waals surface area contributed by atoms with Crippen molar-refractivity contribution >= 4 is 0 Å². The second-order valence-corrected chi connectivity index (χ2v) is 5.62. The van der Waals surface area contributed by atoms with E-state index in [1.807, 2.05) is 6.92 Å². The minimum absolute atomic E-state index is 0.105. The fourth-order valence-electron chi connectivity index (χ4n) is 2.39. The van der Waals surface area contributed by atoms with Gasteiger partial charge in [0, 0.05) is 5.54 Å². The van der Waals surface area contributed by atoms with Crippen molar-refractivity contribution in [1.82, 2.24) is 0 Å². The molecule has 1 aliphatic rings. The summed E-state index contributed by atoms with van der Waals surface area (Å²) in [6.07, 6.45) is 4.88. The van der Waals surface area contributed by atoms with E-state index < -0.39 is 0 Å².